The molecule has 0 radical (unpaired) electrons. The average molecular weight is 414 g/mol. The van der Waals surface area contributed by atoms with E-state index in [1.807, 2.05) is 0 Å². The number of rotatable bonds is 5. The van der Waals surface area contributed by atoms with Gasteiger partial charge < -0.3 is 8.92 Å². The van der Waals surface area contributed by atoms with E-state index in [2.05, 4.69) is 15.2 Å². The van der Waals surface area contributed by atoms with Gasteiger partial charge in [-0.3, -0.25) is 4.98 Å². The second kappa shape index (κ2) is 7.22. The minimum atomic E-state index is -3.77. The minimum absolute atomic E-state index is 0.0515. The highest BCUT2D eigenvalue weighted by Crippen LogP contribution is 2.37. The first kappa shape index (κ1) is 18.6. The van der Waals surface area contributed by atoms with Crippen LogP contribution in [0.3, 0.4) is 0 Å². The van der Waals surface area contributed by atoms with Crippen LogP contribution in [-0.4, -0.2) is 37.0 Å². The summed E-state index contributed by atoms with van der Waals surface area (Å²) in [6, 6.07) is 3.35. The highest BCUT2D eigenvalue weighted by molar-refractivity contribution is 7.86. The highest BCUT2D eigenvalue weighted by Gasteiger charge is 2.18. The summed E-state index contributed by atoms with van der Waals surface area (Å²) in [4.78, 5) is 3.92. The van der Waals surface area contributed by atoms with Crippen molar-refractivity contribution in [2.24, 2.45) is 0 Å². The van der Waals surface area contributed by atoms with E-state index in [0.717, 1.165) is 6.26 Å². The summed E-state index contributed by atoms with van der Waals surface area (Å²) in [6.45, 7) is 0. The Labute approximate surface area is 160 Å². The molecule has 0 spiro atoms. The Hall–Kier alpha value is -2.16. The lowest BCUT2D eigenvalue weighted by atomic mass is 10.0. The number of pyridine rings is 1. The lowest BCUT2D eigenvalue weighted by Gasteiger charge is -2.13. The number of benzene rings is 1. The van der Waals surface area contributed by atoms with Gasteiger partial charge in [0.05, 0.1) is 40.7 Å². The third kappa shape index (κ3) is 3.82. The normalized spacial score (nSPS) is 11.5. The van der Waals surface area contributed by atoms with Gasteiger partial charge in [0.2, 0.25) is 0 Å². The number of hydrogen-bond donors (Lipinski definition) is 0. The van der Waals surface area contributed by atoms with Gasteiger partial charge in [-0.15, -0.1) is 0 Å². The van der Waals surface area contributed by atoms with E-state index >= 15 is 0 Å². The van der Waals surface area contributed by atoms with Crippen molar-refractivity contribution in [2.75, 3.05) is 13.4 Å². The van der Waals surface area contributed by atoms with Crippen LogP contribution in [0.5, 0.6) is 11.5 Å². The molecule has 0 saturated heterocycles. The molecule has 26 heavy (non-hydrogen) atoms. The molecule has 0 unspecified atom stereocenters. The Kier molecular flexibility index (Phi) is 5.17. The van der Waals surface area contributed by atoms with E-state index in [1.54, 1.807) is 12.1 Å². The van der Waals surface area contributed by atoms with Crippen LogP contribution in [0.2, 0.25) is 10.0 Å². The molecule has 10 heteroatoms. The highest BCUT2D eigenvalue weighted by atomic mass is 35.5. The summed E-state index contributed by atoms with van der Waals surface area (Å²) in [6.07, 6.45) is 5.63. The van der Waals surface area contributed by atoms with Crippen molar-refractivity contribution >= 4 is 44.1 Å². The van der Waals surface area contributed by atoms with Crippen molar-refractivity contribution in [1.82, 2.24) is 15.2 Å². The van der Waals surface area contributed by atoms with Gasteiger partial charge in [-0.2, -0.15) is 18.6 Å². The first-order valence-electron chi connectivity index (χ1n) is 7.28. The largest absolute Gasteiger partial charge is 0.493 e. The molecular formula is C16H13Cl2N3O4S. The Morgan fingerprint density at radius 3 is 2.38 bits per heavy atom. The van der Waals surface area contributed by atoms with Gasteiger partial charge in [-0.1, -0.05) is 23.2 Å². The van der Waals surface area contributed by atoms with Crippen LogP contribution in [-0.2, 0) is 16.5 Å². The summed E-state index contributed by atoms with van der Waals surface area (Å²) in [5, 5.41) is 9.98. The zero-order valence-corrected chi connectivity index (χ0v) is 16.1. The molecule has 0 saturated carbocycles. The van der Waals surface area contributed by atoms with Crippen molar-refractivity contribution in [3.63, 3.8) is 0 Å². The summed E-state index contributed by atoms with van der Waals surface area (Å²) in [7, 11) is -2.35. The minimum Gasteiger partial charge on any atom is -0.493 e. The van der Waals surface area contributed by atoms with Crippen molar-refractivity contribution in [2.45, 2.75) is 6.42 Å². The van der Waals surface area contributed by atoms with E-state index in [9.17, 15) is 8.42 Å². The van der Waals surface area contributed by atoms with Gasteiger partial charge in [0.15, 0.2) is 11.5 Å². The van der Waals surface area contributed by atoms with Gasteiger partial charge in [-0.25, -0.2) is 0 Å². The zero-order valence-electron chi connectivity index (χ0n) is 13.7. The monoisotopic (exact) mass is 413 g/mol. The van der Waals surface area contributed by atoms with E-state index in [-0.39, 0.29) is 17.9 Å². The smallest absolute Gasteiger partial charge is 0.306 e. The maximum absolute atomic E-state index is 11.6. The van der Waals surface area contributed by atoms with Crippen LogP contribution in [0.25, 0.3) is 10.8 Å². The van der Waals surface area contributed by atoms with Gasteiger partial charge in [-0.05, 0) is 17.7 Å². The Morgan fingerprint density at radius 2 is 1.77 bits per heavy atom. The maximum Gasteiger partial charge on any atom is 0.306 e. The molecule has 0 aliphatic heterocycles. The van der Waals surface area contributed by atoms with Crippen molar-refractivity contribution in [1.29, 1.82) is 0 Å². The summed E-state index contributed by atoms with van der Waals surface area (Å²) in [5.41, 5.74) is 1.20. The molecule has 136 valence electrons. The second-order valence-electron chi connectivity index (χ2n) is 5.40. The summed E-state index contributed by atoms with van der Waals surface area (Å²) >= 11 is 12.4. The van der Waals surface area contributed by atoms with Crippen LogP contribution in [0, 0.1) is 0 Å². The lowest BCUT2D eigenvalue weighted by Crippen LogP contribution is -2.08. The average Bonchev–Trinajstić information content (AvgIpc) is 2.57. The van der Waals surface area contributed by atoms with Crippen molar-refractivity contribution < 1.29 is 17.3 Å². The molecule has 0 bridgehead atoms. The van der Waals surface area contributed by atoms with Crippen LogP contribution < -0.4 is 8.92 Å². The predicted molar refractivity (Wildman–Crippen MR) is 98.6 cm³/mol. The zero-order chi connectivity index (χ0) is 18.9. The number of fused-ring (bicyclic) bond motifs is 1. The molecule has 0 amide bonds. The molecule has 3 rings (SSSR count). The molecule has 0 atom stereocenters. The standard InChI is InChI=1S/C16H13Cl2N3O4S/c1-24-15-4-3-9-11(16(15)25-26(2,22)23)6-20-21-14(9)5-10-12(17)7-19-8-13(10)18/h3-4,6-8H,5H2,1-2H3. The molecule has 7 nitrogen and oxygen atoms in total. The Morgan fingerprint density at radius 1 is 1.08 bits per heavy atom. The number of hydrogen-bond acceptors (Lipinski definition) is 7. The molecule has 2 heterocycles. The van der Waals surface area contributed by atoms with Crippen LogP contribution in [0.1, 0.15) is 11.3 Å². The summed E-state index contributed by atoms with van der Waals surface area (Å²) < 4.78 is 33.6. The summed E-state index contributed by atoms with van der Waals surface area (Å²) in [5.74, 6) is 0.317. The fraction of sp³-hybridized carbons (Fsp3) is 0.188. The van der Waals surface area contributed by atoms with Crippen molar-refractivity contribution in [3.05, 3.63) is 52.0 Å². The number of halogens is 2. The molecular weight excluding hydrogens is 401 g/mol. The number of methoxy groups -OCH3 is 1. The van der Waals surface area contributed by atoms with E-state index in [4.69, 9.17) is 32.1 Å². The molecule has 3 aromatic rings. The molecule has 0 N–H and O–H groups in total. The van der Waals surface area contributed by atoms with Gasteiger partial charge in [0.1, 0.15) is 0 Å². The maximum atomic E-state index is 11.6. The Balaban J connectivity index is 2.18. The van der Waals surface area contributed by atoms with E-state index in [0.29, 0.717) is 32.1 Å². The number of nitrogens with zero attached hydrogens (tertiary/aromatic N) is 3. The molecule has 0 fully saturated rings. The Bertz CT molecular complexity index is 1070. The second-order valence-corrected chi connectivity index (χ2v) is 7.78. The molecule has 0 aliphatic rings. The third-order valence-corrected chi connectivity index (χ3v) is 4.71. The fourth-order valence-electron chi connectivity index (χ4n) is 2.47. The third-order valence-electron chi connectivity index (χ3n) is 3.59. The van der Waals surface area contributed by atoms with Crippen LogP contribution >= 0.6 is 23.2 Å². The van der Waals surface area contributed by atoms with E-state index < -0.39 is 10.1 Å². The quantitative estimate of drug-likeness (QED) is 0.592. The van der Waals surface area contributed by atoms with Gasteiger partial charge in [0, 0.05) is 24.2 Å². The van der Waals surface area contributed by atoms with Crippen molar-refractivity contribution in [3.8, 4) is 11.5 Å². The first-order chi connectivity index (χ1) is 12.3. The fourth-order valence-corrected chi connectivity index (χ4v) is 3.45. The van der Waals surface area contributed by atoms with E-state index in [1.165, 1.54) is 25.7 Å². The number of ether oxygens (including phenoxy) is 1. The lowest BCUT2D eigenvalue weighted by molar-refractivity contribution is 0.393. The number of aromatic nitrogens is 3. The van der Waals surface area contributed by atoms with Gasteiger partial charge in [0.25, 0.3) is 0 Å². The molecule has 2 aromatic heterocycles. The predicted octanol–water partition coefficient (Wildman–Crippen LogP) is 3.27. The topological polar surface area (TPSA) is 91.3 Å². The van der Waals surface area contributed by atoms with Crippen LogP contribution in [0.15, 0.2) is 30.7 Å². The first-order valence-corrected chi connectivity index (χ1v) is 9.86. The molecule has 0 aliphatic carbocycles. The van der Waals surface area contributed by atoms with Crippen LogP contribution in [0.4, 0.5) is 0 Å². The SMILES string of the molecule is COc1ccc2c(Cc3c(Cl)cncc3Cl)nncc2c1OS(C)(=O)=O. The van der Waals surface area contributed by atoms with Gasteiger partial charge >= 0.3 is 10.1 Å². The molecule has 1 aromatic carbocycles.